The molecule has 0 spiro atoms. The Morgan fingerprint density at radius 3 is 2.45 bits per heavy atom. The van der Waals surface area contributed by atoms with Gasteiger partial charge in [0, 0.05) is 6.08 Å². The van der Waals surface area contributed by atoms with E-state index in [1.165, 1.54) is 32.1 Å². The first-order valence-corrected chi connectivity index (χ1v) is 7.34. The summed E-state index contributed by atoms with van der Waals surface area (Å²) in [6, 6.07) is 7.20. The van der Waals surface area contributed by atoms with Gasteiger partial charge in [0.05, 0.1) is 6.61 Å². The first-order valence-electron chi connectivity index (χ1n) is 7.34. The molecule has 1 aromatic carbocycles. The van der Waals surface area contributed by atoms with Crippen molar-refractivity contribution in [3.05, 3.63) is 36.9 Å². The van der Waals surface area contributed by atoms with Crippen LogP contribution in [0.25, 0.3) is 0 Å². The number of unbranched alkanes of at least 4 members (excludes halogenated alkanes) is 5. The fraction of sp³-hybridized carbons (Fsp3) is 0.471. The summed E-state index contributed by atoms with van der Waals surface area (Å²) in [4.78, 5) is 11.2. The minimum absolute atomic E-state index is 0.448. The average Bonchev–Trinajstić information content (AvgIpc) is 2.47. The fourth-order valence-corrected chi connectivity index (χ4v) is 1.87. The maximum atomic E-state index is 11.2. The van der Waals surface area contributed by atoms with Gasteiger partial charge in [0.2, 0.25) is 0 Å². The highest BCUT2D eigenvalue weighted by Crippen LogP contribution is 2.26. The van der Waals surface area contributed by atoms with Gasteiger partial charge in [-0.25, -0.2) is 4.79 Å². The minimum atomic E-state index is -0.472. The summed E-state index contributed by atoms with van der Waals surface area (Å²) in [5.41, 5.74) is 0. The van der Waals surface area contributed by atoms with Crippen molar-refractivity contribution in [3.8, 4) is 11.5 Å². The first-order chi connectivity index (χ1) is 9.77. The van der Waals surface area contributed by atoms with Gasteiger partial charge in [-0.1, -0.05) is 57.7 Å². The molecule has 0 atom stereocenters. The number of benzene rings is 1. The lowest BCUT2D eigenvalue weighted by Crippen LogP contribution is -2.06. The van der Waals surface area contributed by atoms with Crippen LogP contribution in [0.1, 0.15) is 45.4 Å². The molecule has 3 nitrogen and oxygen atoms in total. The Morgan fingerprint density at radius 1 is 1.10 bits per heavy atom. The van der Waals surface area contributed by atoms with Crippen LogP contribution in [-0.2, 0) is 4.79 Å². The highest BCUT2D eigenvalue weighted by molar-refractivity contribution is 5.83. The number of carbonyl (C=O) groups is 1. The molecule has 0 radical (unpaired) electrons. The van der Waals surface area contributed by atoms with E-state index < -0.39 is 5.97 Å². The van der Waals surface area contributed by atoms with Crippen LogP contribution >= 0.6 is 0 Å². The molecular weight excluding hydrogens is 252 g/mol. The maximum absolute atomic E-state index is 11.2. The molecule has 0 bridgehead atoms. The standard InChI is InChI=1S/C17H24O3/c1-3-5-6-7-8-11-14-19-15-12-9-10-13-16(15)20-17(18)4-2/h4,9-10,12-13H,2-3,5-8,11,14H2,1H3. The number of esters is 1. The van der Waals surface area contributed by atoms with Crippen molar-refractivity contribution < 1.29 is 14.3 Å². The summed E-state index contributed by atoms with van der Waals surface area (Å²) >= 11 is 0. The summed E-state index contributed by atoms with van der Waals surface area (Å²) in [6.45, 7) is 6.24. The van der Waals surface area contributed by atoms with Gasteiger partial charge in [-0.3, -0.25) is 0 Å². The van der Waals surface area contributed by atoms with Crippen molar-refractivity contribution in [1.82, 2.24) is 0 Å². The predicted molar refractivity (Wildman–Crippen MR) is 81.1 cm³/mol. The quantitative estimate of drug-likeness (QED) is 0.273. The van der Waals surface area contributed by atoms with Gasteiger partial charge in [-0.15, -0.1) is 0 Å². The largest absolute Gasteiger partial charge is 0.490 e. The molecule has 0 N–H and O–H groups in total. The van der Waals surface area contributed by atoms with Crippen LogP contribution in [-0.4, -0.2) is 12.6 Å². The Morgan fingerprint density at radius 2 is 1.75 bits per heavy atom. The molecule has 1 rings (SSSR count). The molecule has 0 aliphatic rings. The molecule has 0 aromatic heterocycles. The number of hydrogen-bond acceptors (Lipinski definition) is 3. The highest BCUT2D eigenvalue weighted by Gasteiger charge is 2.07. The van der Waals surface area contributed by atoms with Gasteiger partial charge in [-0.2, -0.15) is 0 Å². The van der Waals surface area contributed by atoms with Gasteiger partial charge in [0.25, 0.3) is 0 Å². The monoisotopic (exact) mass is 276 g/mol. The Balaban J connectivity index is 2.32. The maximum Gasteiger partial charge on any atom is 0.335 e. The second-order valence-corrected chi connectivity index (χ2v) is 4.69. The van der Waals surface area contributed by atoms with Crippen molar-refractivity contribution in [2.45, 2.75) is 45.4 Å². The number of para-hydroxylation sites is 2. The molecule has 1 aromatic rings. The lowest BCUT2D eigenvalue weighted by molar-refractivity contribution is -0.129. The third-order valence-electron chi connectivity index (χ3n) is 2.98. The second kappa shape index (κ2) is 10.1. The highest BCUT2D eigenvalue weighted by atomic mass is 16.6. The van der Waals surface area contributed by atoms with Crippen LogP contribution in [0.5, 0.6) is 11.5 Å². The van der Waals surface area contributed by atoms with Gasteiger partial charge in [0.1, 0.15) is 0 Å². The van der Waals surface area contributed by atoms with Crippen molar-refractivity contribution in [2.24, 2.45) is 0 Å². The van der Waals surface area contributed by atoms with E-state index in [1.54, 1.807) is 6.07 Å². The molecule has 20 heavy (non-hydrogen) atoms. The van der Waals surface area contributed by atoms with E-state index in [9.17, 15) is 4.79 Å². The van der Waals surface area contributed by atoms with E-state index in [2.05, 4.69) is 13.5 Å². The number of ether oxygens (including phenoxy) is 2. The van der Waals surface area contributed by atoms with E-state index >= 15 is 0 Å². The first kappa shape index (κ1) is 16.3. The lowest BCUT2D eigenvalue weighted by atomic mass is 10.1. The topological polar surface area (TPSA) is 35.5 Å². The molecule has 0 fully saturated rings. The number of hydrogen-bond donors (Lipinski definition) is 0. The van der Waals surface area contributed by atoms with Crippen LogP contribution in [0.4, 0.5) is 0 Å². The molecule has 3 heteroatoms. The number of carbonyl (C=O) groups excluding carboxylic acids is 1. The van der Waals surface area contributed by atoms with Gasteiger partial charge in [0.15, 0.2) is 11.5 Å². The molecule has 0 heterocycles. The minimum Gasteiger partial charge on any atom is -0.490 e. The van der Waals surface area contributed by atoms with Crippen LogP contribution in [0.15, 0.2) is 36.9 Å². The van der Waals surface area contributed by atoms with E-state index in [1.807, 2.05) is 18.2 Å². The Kier molecular flexibility index (Phi) is 8.20. The van der Waals surface area contributed by atoms with Crippen molar-refractivity contribution in [3.63, 3.8) is 0 Å². The molecule has 0 amide bonds. The lowest BCUT2D eigenvalue weighted by Gasteiger charge is -2.10. The molecule has 0 aliphatic heterocycles. The Bertz CT molecular complexity index is 412. The molecular formula is C17H24O3. The normalized spacial score (nSPS) is 10.1. The van der Waals surface area contributed by atoms with Crippen LogP contribution < -0.4 is 9.47 Å². The van der Waals surface area contributed by atoms with Crippen LogP contribution in [0, 0.1) is 0 Å². The van der Waals surface area contributed by atoms with Crippen LogP contribution in [0.3, 0.4) is 0 Å². The van der Waals surface area contributed by atoms with Gasteiger partial charge in [-0.05, 0) is 18.6 Å². The van der Waals surface area contributed by atoms with Crippen molar-refractivity contribution in [2.75, 3.05) is 6.61 Å². The second-order valence-electron chi connectivity index (χ2n) is 4.69. The molecule has 110 valence electrons. The zero-order valence-corrected chi connectivity index (χ0v) is 12.3. The summed E-state index contributed by atoms with van der Waals surface area (Å²) in [5, 5.41) is 0. The van der Waals surface area contributed by atoms with Crippen molar-refractivity contribution in [1.29, 1.82) is 0 Å². The molecule has 0 aliphatic carbocycles. The van der Waals surface area contributed by atoms with E-state index in [-0.39, 0.29) is 0 Å². The fourth-order valence-electron chi connectivity index (χ4n) is 1.87. The van der Waals surface area contributed by atoms with Gasteiger partial charge >= 0.3 is 5.97 Å². The number of rotatable bonds is 10. The smallest absolute Gasteiger partial charge is 0.335 e. The predicted octanol–water partition coefficient (Wildman–Crippen LogP) is 4.52. The summed E-state index contributed by atoms with van der Waals surface area (Å²) < 4.78 is 10.8. The zero-order chi connectivity index (χ0) is 14.6. The molecule has 0 saturated carbocycles. The van der Waals surface area contributed by atoms with Crippen LogP contribution in [0.2, 0.25) is 0 Å². The third kappa shape index (κ3) is 6.41. The summed E-state index contributed by atoms with van der Waals surface area (Å²) in [5.74, 6) is 0.584. The van der Waals surface area contributed by atoms with Gasteiger partial charge < -0.3 is 9.47 Å². The van der Waals surface area contributed by atoms with E-state index in [0.717, 1.165) is 12.5 Å². The molecule has 0 unspecified atom stereocenters. The Labute approximate surface area is 121 Å². The van der Waals surface area contributed by atoms with E-state index in [4.69, 9.17) is 9.47 Å². The summed E-state index contributed by atoms with van der Waals surface area (Å²) in [7, 11) is 0. The average molecular weight is 276 g/mol. The Hall–Kier alpha value is -1.77. The van der Waals surface area contributed by atoms with Crippen molar-refractivity contribution >= 4 is 5.97 Å². The zero-order valence-electron chi connectivity index (χ0n) is 12.3. The van der Waals surface area contributed by atoms with E-state index in [0.29, 0.717) is 18.1 Å². The molecule has 0 saturated heterocycles. The summed E-state index contributed by atoms with van der Waals surface area (Å²) in [6.07, 6.45) is 8.46. The third-order valence-corrected chi connectivity index (χ3v) is 2.98. The SMILES string of the molecule is C=CC(=O)Oc1ccccc1OCCCCCCCC.